The predicted molar refractivity (Wildman–Crippen MR) is 31.9 cm³/mol. The lowest BCUT2D eigenvalue weighted by Crippen LogP contribution is -2.26. The Labute approximate surface area is 49.0 Å². The fourth-order valence-electron chi connectivity index (χ4n) is 0.568. The number of hydrogen-bond acceptors (Lipinski definition) is 3. The van der Waals surface area contributed by atoms with Gasteiger partial charge in [-0.15, -0.1) is 0 Å². The molecule has 0 fully saturated rings. The predicted octanol–water partition coefficient (Wildman–Crippen LogP) is -0.0674. The van der Waals surface area contributed by atoms with Crippen molar-refractivity contribution in [2.45, 2.75) is 6.17 Å². The van der Waals surface area contributed by atoms with Crippen LogP contribution in [0.2, 0.25) is 0 Å². The van der Waals surface area contributed by atoms with Gasteiger partial charge in [0.2, 0.25) is 0 Å². The molecule has 0 aliphatic carbocycles. The minimum atomic E-state index is 0.245. The van der Waals surface area contributed by atoms with Crippen molar-refractivity contribution in [2.75, 3.05) is 20.7 Å². The number of nitrogens with zero attached hydrogens (tertiary/aromatic N) is 2. The van der Waals surface area contributed by atoms with E-state index in [-0.39, 0.29) is 6.17 Å². The average Bonchev–Trinajstić information content (AvgIpc) is 2.12. The van der Waals surface area contributed by atoms with Crippen LogP contribution in [-0.4, -0.2) is 38.2 Å². The minimum Gasteiger partial charge on any atom is -0.480 e. The van der Waals surface area contributed by atoms with Gasteiger partial charge in [-0.3, -0.25) is 4.90 Å². The highest BCUT2D eigenvalue weighted by Gasteiger charge is 2.12. The highest BCUT2D eigenvalue weighted by atomic mass is 16.5. The molecule has 0 saturated carbocycles. The highest BCUT2D eigenvalue weighted by Crippen LogP contribution is 1.99. The maximum atomic E-state index is 4.89. The first-order chi connectivity index (χ1) is 3.80. The van der Waals surface area contributed by atoms with E-state index in [2.05, 4.69) is 4.99 Å². The molecule has 1 rings (SSSR count). The number of rotatable bonds is 1. The zero-order valence-electron chi connectivity index (χ0n) is 5.16. The van der Waals surface area contributed by atoms with Gasteiger partial charge >= 0.3 is 0 Å². The Hall–Kier alpha value is -0.570. The summed E-state index contributed by atoms with van der Waals surface area (Å²) in [6, 6.07) is 0. The number of hydrogen-bond donors (Lipinski definition) is 0. The molecule has 0 bridgehead atoms. The van der Waals surface area contributed by atoms with Crippen molar-refractivity contribution in [1.29, 1.82) is 0 Å². The van der Waals surface area contributed by atoms with Gasteiger partial charge in [0.15, 0.2) is 6.40 Å². The van der Waals surface area contributed by atoms with Crippen LogP contribution in [0.3, 0.4) is 0 Å². The van der Waals surface area contributed by atoms with Crippen molar-refractivity contribution in [3.05, 3.63) is 0 Å². The Morgan fingerprint density at radius 3 is 2.75 bits per heavy atom. The molecule has 1 aliphatic heterocycles. The van der Waals surface area contributed by atoms with Gasteiger partial charge in [0.25, 0.3) is 0 Å². The molecule has 8 heavy (non-hydrogen) atoms. The molecule has 0 radical (unpaired) electrons. The molecule has 0 saturated heterocycles. The number of aliphatic imine (C=N–C) groups is 1. The first-order valence-electron chi connectivity index (χ1n) is 2.60. The van der Waals surface area contributed by atoms with E-state index in [0.717, 1.165) is 0 Å². The van der Waals surface area contributed by atoms with E-state index in [9.17, 15) is 0 Å². The second-order valence-electron chi connectivity index (χ2n) is 2.03. The summed E-state index contributed by atoms with van der Waals surface area (Å²) >= 11 is 0. The van der Waals surface area contributed by atoms with E-state index in [1.54, 1.807) is 0 Å². The van der Waals surface area contributed by atoms with Crippen molar-refractivity contribution in [1.82, 2.24) is 4.90 Å². The summed E-state index contributed by atoms with van der Waals surface area (Å²) in [6.07, 6.45) is 1.75. The lowest BCUT2D eigenvalue weighted by Gasteiger charge is -2.12. The van der Waals surface area contributed by atoms with Crippen LogP contribution in [0.5, 0.6) is 0 Å². The molecule has 0 aromatic heterocycles. The van der Waals surface area contributed by atoms with Crippen molar-refractivity contribution in [2.24, 2.45) is 4.99 Å². The van der Waals surface area contributed by atoms with Crippen LogP contribution in [0.25, 0.3) is 0 Å². The van der Waals surface area contributed by atoms with Crippen LogP contribution in [-0.2, 0) is 4.74 Å². The molecule has 0 N–H and O–H groups in total. The van der Waals surface area contributed by atoms with Crippen LogP contribution in [0, 0.1) is 0 Å². The Morgan fingerprint density at radius 1 is 1.75 bits per heavy atom. The molecule has 0 aromatic carbocycles. The normalized spacial score (nSPS) is 26.6. The van der Waals surface area contributed by atoms with Gasteiger partial charge in [-0.25, -0.2) is 4.99 Å². The van der Waals surface area contributed by atoms with Gasteiger partial charge in [0.1, 0.15) is 12.8 Å². The summed E-state index contributed by atoms with van der Waals surface area (Å²) < 4.78 is 4.89. The summed E-state index contributed by atoms with van der Waals surface area (Å²) in [7, 11) is 3.97. The summed E-state index contributed by atoms with van der Waals surface area (Å²) in [4.78, 5) is 6.03. The SMILES string of the molecule is CN(C)C1COC=N1. The standard InChI is InChI=1S/C5H10N2O/c1-7(2)5-3-8-4-6-5/h4-5H,3H2,1-2H3. The van der Waals surface area contributed by atoms with Crippen molar-refractivity contribution >= 4 is 6.40 Å². The molecule has 1 unspecified atom stereocenters. The molecular formula is C5H10N2O. The van der Waals surface area contributed by atoms with Crippen LogP contribution < -0.4 is 0 Å². The minimum absolute atomic E-state index is 0.245. The molecule has 3 heteroatoms. The molecule has 3 nitrogen and oxygen atoms in total. The van der Waals surface area contributed by atoms with Gasteiger partial charge in [-0.2, -0.15) is 0 Å². The monoisotopic (exact) mass is 114 g/mol. The smallest absolute Gasteiger partial charge is 0.171 e. The molecule has 1 aliphatic rings. The summed E-state index contributed by atoms with van der Waals surface area (Å²) in [5, 5.41) is 0. The lowest BCUT2D eigenvalue weighted by atomic mass is 10.5. The van der Waals surface area contributed by atoms with E-state index in [1.807, 2.05) is 19.0 Å². The maximum Gasteiger partial charge on any atom is 0.171 e. The molecular weight excluding hydrogens is 104 g/mol. The lowest BCUT2D eigenvalue weighted by molar-refractivity contribution is 0.224. The summed E-state index contributed by atoms with van der Waals surface area (Å²) in [5.74, 6) is 0. The van der Waals surface area contributed by atoms with Crippen molar-refractivity contribution in [3.8, 4) is 0 Å². The van der Waals surface area contributed by atoms with Gasteiger partial charge in [-0.05, 0) is 14.1 Å². The number of likely N-dealkylation sites (N-methyl/N-ethyl adjacent to an activating group) is 1. The van der Waals surface area contributed by atoms with Gasteiger partial charge < -0.3 is 4.74 Å². The topological polar surface area (TPSA) is 24.8 Å². The fourth-order valence-corrected chi connectivity index (χ4v) is 0.568. The maximum absolute atomic E-state index is 4.89. The Balaban J connectivity index is 2.36. The van der Waals surface area contributed by atoms with Crippen molar-refractivity contribution in [3.63, 3.8) is 0 Å². The quantitative estimate of drug-likeness (QED) is 0.477. The highest BCUT2D eigenvalue weighted by molar-refractivity contribution is 5.48. The Morgan fingerprint density at radius 2 is 2.50 bits per heavy atom. The average molecular weight is 114 g/mol. The third-order valence-electron chi connectivity index (χ3n) is 1.15. The summed E-state index contributed by atoms with van der Waals surface area (Å²) in [5.41, 5.74) is 0. The first-order valence-corrected chi connectivity index (χ1v) is 2.60. The molecule has 0 amide bonds. The van der Waals surface area contributed by atoms with E-state index >= 15 is 0 Å². The van der Waals surface area contributed by atoms with Crippen LogP contribution >= 0.6 is 0 Å². The summed E-state index contributed by atoms with van der Waals surface area (Å²) in [6.45, 7) is 0.701. The van der Waals surface area contributed by atoms with Crippen LogP contribution in [0.1, 0.15) is 0 Å². The zero-order valence-corrected chi connectivity index (χ0v) is 5.16. The molecule has 0 aromatic rings. The van der Waals surface area contributed by atoms with E-state index in [0.29, 0.717) is 6.61 Å². The second-order valence-corrected chi connectivity index (χ2v) is 2.03. The first kappa shape index (κ1) is 5.56. The Kier molecular flexibility index (Phi) is 1.48. The van der Waals surface area contributed by atoms with Gasteiger partial charge in [-0.1, -0.05) is 0 Å². The Bertz CT molecular complexity index is 101. The number of ether oxygens (including phenoxy) is 1. The fraction of sp³-hybridized carbons (Fsp3) is 0.800. The van der Waals surface area contributed by atoms with Gasteiger partial charge in [0, 0.05) is 0 Å². The molecule has 46 valence electrons. The van der Waals surface area contributed by atoms with Gasteiger partial charge in [0.05, 0.1) is 0 Å². The van der Waals surface area contributed by atoms with Crippen LogP contribution in [0.4, 0.5) is 0 Å². The van der Waals surface area contributed by atoms with Crippen molar-refractivity contribution < 1.29 is 4.74 Å². The molecule has 1 atom stereocenters. The third-order valence-corrected chi connectivity index (χ3v) is 1.15. The largest absolute Gasteiger partial charge is 0.480 e. The third kappa shape index (κ3) is 0.980. The van der Waals surface area contributed by atoms with Crippen LogP contribution in [0.15, 0.2) is 4.99 Å². The second kappa shape index (κ2) is 2.13. The van der Waals surface area contributed by atoms with E-state index in [1.165, 1.54) is 6.40 Å². The molecule has 1 heterocycles. The van der Waals surface area contributed by atoms with E-state index < -0.39 is 0 Å². The zero-order chi connectivity index (χ0) is 5.98. The molecule has 0 spiro atoms. The van der Waals surface area contributed by atoms with E-state index in [4.69, 9.17) is 4.74 Å².